The van der Waals surface area contributed by atoms with Gasteiger partial charge in [0.2, 0.25) is 0 Å². The molecule has 15 heavy (non-hydrogen) atoms. The molecular formula is C9H15F2O4-. The molecule has 0 spiro atoms. The number of methoxy groups -OCH3 is 1. The number of carbonyl (C=O) groups excluding carboxylic acids is 1. The summed E-state index contributed by atoms with van der Waals surface area (Å²) in [6, 6.07) is 0. The molecule has 0 aromatic heterocycles. The van der Waals surface area contributed by atoms with Crippen molar-refractivity contribution < 1.29 is 28.2 Å². The van der Waals surface area contributed by atoms with Crippen LogP contribution in [0.1, 0.15) is 13.8 Å². The van der Waals surface area contributed by atoms with Gasteiger partial charge in [0.25, 0.3) is 0 Å². The summed E-state index contributed by atoms with van der Waals surface area (Å²) >= 11 is 0. The van der Waals surface area contributed by atoms with Gasteiger partial charge < -0.3 is 19.4 Å². The van der Waals surface area contributed by atoms with Gasteiger partial charge >= 0.3 is 5.92 Å². The number of hydrogen-bond donors (Lipinski definition) is 0. The maximum atomic E-state index is 13.1. The number of alkyl halides is 2. The van der Waals surface area contributed by atoms with Gasteiger partial charge in [-0.1, -0.05) is 13.8 Å². The summed E-state index contributed by atoms with van der Waals surface area (Å²) in [5.74, 6) is -7.03. The van der Waals surface area contributed by atoms with Crippen LogP contribution in [0.3, 0.4) is 0 Å². The first-order valence-corrected chi connectivity index (χ1v) is 4.53. The number of halogens is 2. The molecule has 0 aliphatic rings. The molecule has 0 amide bonds. The average Bonchev–Trinajstić information content (AvgIpc) is 2.11. The third kappa shape index (κ3) is 4.09. The highest BCUT2D eigenvalue weighted by molar-refractivity contribution is 5.73. The van der Waals surface area contributed by atoms with E-state index in [-0.39, 0.29) is 13.2 Å². The molecule has 0 N–H and O–H groups in total. The van der Waals surface area contributed by atoms with Crippen LogP contribution >= 0.6 is 0 Å². The Bertz CT molecular complexity index is 206. The largest absolute Gasteiger partial charge is 0.544 e. The fraction of sp³-hybridized carbons (Fsp3) is 0.889. The normalized spacial score (nSPS) is 14.3. The predicted octanol–water partition coefficient (Wildman–Crippen LogP) is 0.0592. The fourth-order valence-electron chi connectivity index (χ4n) is 1.09. The predicted molar refractivity (Wildman–Crippen MR) is 46.4 cm³/mol. The van der Waals surface area contributed by atoms with Crippen molar-refractivity contribution in [2.75, 3.05) is 20.3 Å². The molecule has 4 nitrogen and oxygen atoms in total. The molecule has 0 rings (SSSR count). The Hall–Kier alpha value is -0.750. The van der Waals surface area contributed by atoms with Gasteiger partial charge in [0.1, 0.15) is 12.1 Å². The number of carboxylic acids is 1. The highest BCUT2D eigenvalue weighted by Crippen LogP contribution is 2.26. The minimum absolute atomic E-state index is 0.0811. The van der Waals surface area contributed by atoms with Crippen LogP contribution in [0.25, 0.3) is 0 Å². The Labute approximate surface area is 87.2 Å². The minimum Gasteiger partial charge on any atom is -0.544 e. The first kappa shape index (κ1) is 14.2. The lowest BCUT2D eigenvalue weighted by Gasteiger charge is -2.30. The van der Waals surface area contributed by atoms with Crippen LogP contribution < -0.4 is 5.11 Å². The van der Waals surface area contributed by atoms with Gasteiger partial charge in [-0.2, -0.15) is 8.78 Å². The number of rotatable bonds is 7. The lowest BCUT2D eigenvalue weighted by Crippen LogP contribution is -2.53. The molecule has 0 radical (unpaired) electrons. The molecule has 0 aromatic carbocycles. The number of carbonyl (C=O) groups is 1. The van der Waals surface area contributed by atoms with Crippen LogP contribution in [0.4, 0.5) is 8.78 Å². The second-order valence-corrected chi connectivity index (χ2v) is 3.44. The average molecular weight is 225 g/mol. The first-order valence-electron chi connectivity index (χ1n) is 4.53. The van der Waals surface area contributed by atoms with E-state index in [1.165, 1.54) is 21.0 Å². The van der Waals surface area contributed by atoms with E-state index in [2.05, 4.69) is 4.74 Å². The standard InChI is InChI=1S/C9H16F2O4/c1-6(2)7(15-5-4-14-3)9(10,11)8(12)13/h6-7H,4-5H2,1-3H3,(H,12,13)/p-1. The van der Waals surface area contributed by atoms with Gasteiger partial charge in [0.05, 0.1) is 13.2 Å². The first-order chi connectivity index (χ1) is 6.84. The molecule has 1 atom stereocenters. The Morgan fingerprint density at radius 2 is 1.93 bits per heavy atom. The van der Waals surface area contributed by atoms with E-state index >= 15 is 0 Å². The second kappa shape index (κ2) is 5.97. The van der Waals surface area contributed by atoms with Gasteiger partial charge in [-0.25, -0.2) is 0 Å². The minimum atomic E-state index is -3.98. The lowest BCUT2D eigenvalue weighted by atomic mass is 10.0. The Morgan fingerprint density at radius 3 is 2.27 bits per heavy atom. The fourth-order valence-corrected chi connectivity index (χ4v) is 1.09. The van der Waals surface area contributed by atoms with Crippen molar-refractivity contribution in [2.45, 2.75) is 25.9 Å². The van der Waals surface area contributed by atoms with E-state index in [0.717, 1.165) is 0 Å². The SMILES string of the molecule is COCCOC(C(C)C)C(F)(F)C(=O)[O-]. The summed E-state index contributed by atoms with van der Waals surface area (Å²) in [6.45, 7) is 2.96. The van der Waals surface area contributed by atoms with E-state index in [1.54, 1.807) is 0 Å². The summed E-state index contributed by atoms with van der Waals surface area (Å²) in [5, 5.41) is 10.2. The zero-order valence-electron chi connectivity index (χ0n) is 8.96. The van der Waals surface area contributed by atoms with E-state index in [4.69, 9.17) is 4.74 Å². The van der Waals surface area contributed by atoms with Crippen LogP contribution in [0, 0.1) is 5.92 Å². The molecule has 0 aromatic rings. The van der Waals surface area contributed by atoms with Gasteiger partial charge in [0.15, 0.2) is 0 Å². The van der Waals surface area contributed by atoms with Crippen molar-refractivity contribution >= 4 is 5.97 Å². The summed E-state index contributed by atoms with van der Waals surface area (Å²) in [4.78, 5) is 10.2. The summed E-state index contributed by atoms with van der Waals surface area (Å²) in [7, 11) is 1.39. The van der Waals surface area contributed by atoms with Crippen molar-refractivity contribution in [3.05, 3.63) is 0 Å². The molecule has 90 valence electrons. The second-order valence-electron chi connectivity index (χ2n) is 3.44. The van der Waals surface area contributed by atoms with Crippen molar-refractivity contribution in [2.24, 2.45) is 5.92 Å². The highest BCUT2D eigenvalue weighted by Gasteiger charge is 2.43. The zero-order valence-corrected chi connectivity index (χ0v) is 8.96. The smallest absolute Gasteiger partial charge is 0.312 e. The van der Waals surface area contributed by atoms with E-state index in [0.29, 0.717) is 0 Å². The van der Waals surface area contributed by atoms with Crippen molar-refractivity contribution in [1.29, 1.82) is 0 Å². The third-order valence-corrected chi connectivity index (χ3v) is 1.82. The van der Waals surface area contributed by atoms with Crippen molar-refractivity contribution in [3.63, 3.8) is 0 Å². The molecule has 1 unspecified atom stereocenters. The number of aliphatic carboxylic acids is 1. The number of carboxylic acid groups (broad SMARTS) is 1. The maximum Gasteiger partial charge on any atom is 0.312 e. The van der Waals surface area contributed by atoms with Crippen LogP contribution in [0.5, 0.6) is 0 Å². The summed E-state index contributed by atoms with van der Waals surface area (Å²) in [5.41, 5.74) is 0. The van der Waals surface area contributed by atoms with Gasteiger partial charge in [0, 0.05) is 7.11 Å². The van der Waals surface area contributed by atoms with Crippen LogP contribution in [0.15, 0.2) is 0 Å². The molecule has 0 saturated carbocycles. The molecule has 0 heterocycles. The van der Waals surface area contributed by atoms with Crippen LogP contribution in [-0.4, -0.2) is 38.3 Å². The molecule has 0 saturated heterocycles. The monoisotopic (exact) mass is 225 g/mol. The number of hydrogen-bond acceptors (Lipinski definition) is 4. The molecule has 6 heteroatoms. The topological polar surface area (TPSA) is 58.6 Å². The molecule has 0 aliphatic carbocycles. The van der Waals surface area contributed by atoms with Gasteiger partial charge in [-0.05, 0) is 5.92 Å². The Balaban J connectivity index is 4.45. The lowest BCUT2D eigenvalue weighted by molar-refractivity contribution is -0.339. The van der Waals surface area contributed by atoms with Gasteiger partial charge in [-0.15, -0.1) is 0 Å². The number of ether oxygens (including phenoxy) is 2. The Kier molecular flexibility index (Phi) is 5.67. The van der Waals surface area contributed by atoms with Crippen LogP contribution in [-0.2, 0) is 14.3 Å². The van der Waals surface area contributed by atoms with E-state index in [9.17, 15) is 18.7 Å². The van der Waals surface area contributed by atoms with Crippen molar-refractivity contribution in [1.82, 2.24) is 0 Å². The van der Waals surface area contributed by atoms with E-state index in [1.807, 2.05) is 0 Å². The zero-order chi connectivity index (χ0) is 12.1. The van der Waals surface area contributed by atoms with E-state index < -0.39 is 23.9 Å². The summed E-state index contributed by atoms with van der Waals surface area (Å²) in [6.07, 6.45) is -1.70. The van der Waals surface area contributed by atoms with Crippen molar-refractivity contribution in [3.8, 4) is 0 Å². The maximum absolute atomic E-state index is 13.1. The third-order valence-electron chi connectivity index (χ3n) is 1.82. The molecule has 0 aliphatic heterocycles. The molecule has 0 fully saturated rings. The molecular weight excluding hydrogens is 210 g/mol. The quantitative estimate of drug-likeness (QED) is 0.575. The van der Waals surface area contributed by atoms with Crippen LogP contribution in [0.2, 0.25) is 0 Å². The highest BCUT2D eigenvalue weighted by atomic mass is 19.3. The summed E-state index contributed by atoms with van der Waals surface area (Å²) < 4.78 is 35.5. The van der Waals surface area contributed by atoms with Gasteiger partial charge in [-0.3, -0.25) is 0 Å². The Morgan fingerprint density at radius 1 is 1.40 bits per heavy atom. The molecule has 0 bridgehead atoms.